The highest BCUT2D eigenvalue weighted by atomic mass is 79.9. The first-order valence-corrected chi connectivity index (χ1v) is 13.7. The number of hydrogen-bond donors (Lipinski definition) is 3. The van der Waals surface area contributed by atoms with Crippen molar-refractivity contribution in [3.05, 3.63) is 81.3 Å². The van der Waals surface area contributed by atoms with E-state index < -0.39 is 26.0 Å². The van der Waals surface area contributed by atoms with Gasteiger partial charge in [0.25, 0.3) is 15.9 Å². The second-order valence-electron chi connectivity index (χ2n) is 6.97. The molecule has 34 heavy (non-hydrogen) atoms. The summed E-state index contributed by atoms with van der Waals surface area (Å²) in [4.78, 5) is 12.3. The number of anilines is 1. The number of amides is 1. The van der Waals surface area contributed by atoms with Gasteiger partial charge in [0, 0.05) is 16.6 Å². The number of primary sulfonamides is 1. The molecule has 0 aromatic heterocycles. The van der Waals surface area contributed by atoms with Crippen LogP contribution in [0.1, 0.15) is 15.9 Å². The van der Waals surface area contributed by atoms with Gasteiger partial charge < -0.3 is 10.1 Å². The first-order valence-electron chi connectivity index (χ1n) is 9.46. The van der Waals surface area contributed by atoms with Crippen LogP contribution in [0.3, 0.4) is 0 Å². The summed E-state index contributed by atoms with van der Waals surface area (Å²) < 4.78 is 56.9. The summed E-state index contributed by atoms with van der Waals surface area (Å²) in [5.74, 6) is -0.256. The van der Waals surface area contributed by atoms with E-state index in [1.54, 1.807) is 12.1 Å². The van der Waals surface area contributed by atoms with E-state index in [1.807, 2.05) is 0 Å². The Hall–Kier alpha value is -2.64. The highest BCUT2D eigenvalue weighted by Crippen LogP contribution is 2.32. The van der Waals surface area contributed by atoms with Crippen molar-refractivity contribution in [2.75, 3.05) is 11.8 Å². The number of benzene rings is 3. The number of hydrogen-bond acceptors (Lipinski definition) is 6. The lowest BCUT2D eigenvalue weighted by molar-refractivity contribution is 0.0950. The lowest BCUT2D eigenvalue weighted by atomic mass is 10.2. The van der Waals surface area contributed by atoms with Gasteiger partial charge in [-0.1, -0.05) is 39.7 Å². The molecule has 0 saturated carbocycles. The predicted molar refractivity (Wildman–Crippen MR) is 132 cm³/mol. The van der Waals surface area contributed by atoms with Gasteiger partial charge in [0.15, 0.2) is 0 Å². The molecular weight excluding hydrogens is 570 g/mol. The van der Waals surface area contributed by atoms with E-state index in [-0.39, 0.29) is 32.6 Å². The van der Waals surface area contributed by atoms with Crippen LogP contribution in [0.5, 0.6) is 5.75 Å². The van der Waals surface area contributed by atoms with Crippen LogP contribution in [0.2, 0.25) is 5.02 Å². The molecule has 3 aromatic rings. The van der Waals surface area contributed by atoms with Gasteiger partial charge in [0.1, 0.15) is 10.6 Å². The Bertz CT molecular complexity index is 1450. The molecule has 0 spiro atoms. The molecule has 0 radical (unpaired) electrons. The van der Waals surface area contributed by atoms with E-state index in [0.29, 0.717) is 15.8 Å². The molecule has 0 aliphatic heterocycles. The SMILES string of the molecule is COc1ccc(Br)cc1NS(=O)(=O)c1cc(C(=O)NCc2ccc(S(N)(=O)=O)cc2)ccc1Cl. The third-order valence-corrected chi connectivity index (χ3v) is 7.86. The van der Waals surface area contributed by atoms with Gasteiger partial charge in [0.05, 0.1) is 22.7 Å². The number of ether oxygens (including phenoxy) is 1. The normalized spacial score (nSPS) is 11.6. The quantitative estimate of drug-likeness (QED) is 0.367. The number of carbonyl (C=O) groups is 1. The summed E-state index contributed by atoms with van der Waals surface area (Å²) in [6, 6.07) is 14.3. The predicted octanol–water partition coefficient (Wildman–Crippen LogP) is 3.49. The van der Waals surface area contributed by atoms with Crippen molar-refractivity contribution in [3.8, 4) is 5.75 Å². The fourth-order valence-electron chi connectivity index (χ4n) is 2.89. The maximum atomic E-state index is 13.0. The molecule has 3 rings (SSSR count). The molecule has 0 atom stereocenters. The third-order valence-electron chi connectivity index (χ3n) is 4.59. The van der Waals surface area contributed by atoms with Gasteiger partial charge in [-0.15, -0.1) is 0 Å². The van der Waals surface area contributed by atoms with E-state index in [2.05, 4.69) is 26.0 Å². The van der Waals surface area contributed by atoms with Gasteiger partial charge in [-0.3, -0.25) is 9.52 Å². The highest BCUT2D eigenvalue weighted by molar-refractivity contribution is 9.10. The summed E-state index contributed by atoms with van der Waals surface area (Å²) in [6.45, 7) is 0.0714. The molecule has 1 amide bonds. The van der Waals surface area contributed by atoms with Crippen LogP contribution < -0.4 is 19.9 Å². The minimum absolute atomic E-state index is 0.0512. The van der Waals surface area contributed by atoms with Crippen molar-refractivity contribution in [2.45, 2.75) is 16.3 Å². The molecule has 0 fully saturated rings. The second-order valence-corrected chi connectivity index (χ2v) is 11.5. The Balaban J connectivity index is 1.80. The van der Waals surface area contributed by atoms with Crippen LogP contribution >= 0.6 is 27.5 Å². The molecule has 4 N–H and O–H groups in total. The van der Waals surface area contributed by atoms with Crippen molar-refractivity contribution in [2.24, 2.45) is 5.14 Å². The molecule has 3 aromatic carbocycles. The lowest BCUT2D eigenvalue weighted by Crippen LogP contribution is -2.23. The second kappa shape index (κ2) is 10.3. The van der Waals surface area contributed by atoms with Crippen molar-refractivity contribution in [3.63, 3.8) is 0 Å². The van der Waals surface area contributed by atoms with Crippen LogP contribution in [0, 0.1) is 0 Å². The zero-order chi connectivity index (χ0) is 25.1. The topological polar surface area (TPSA) is 145 Å². The van der Waals surface area contributed by atoms with Crippen LogP contribution in [-0.4, -0.2) is 29.9 Å². The van der Waals surface area contributed by atoms with Gasteiger partial charge >= 0.3 is 0 Å². The maximum absolute atomic E-state index is 13.0. The van der Waals surface area contributed by atoms with E-state index in [0.717, 1.165) is 6.07 Å². The van der Waals surface area contributed by atoms with Crippen molar-refractivity contribution in [1.82, 2.24) is 5.32 Å². The summed E-state index contributed by atoms with van der Waals surface area (Å²) in [6.07, 6.45) is 0. The number of nitrogens with one attached hydrogen (secondary N) is 2. The Morgan fingerprint density at radius 2 is 1.71 bits per heavy atom. The summed E-state index contributed by atoms with van der Waals surface area (Å²) >= 11 is 9.41. The zero-order valence-electron chi connectivity index (χ0n) is 17.6. The van der Waals surface area contributed by atoms with Crippen LogP contribution in [0.15, 0.2) is 74.9 Å². The largest absolute Gasteiger partial charge is 0.495 e. The molecule has 0 saturated heterocycles. The smallest absolute Gasteiger partial charge is 0.263 e. The molecule has 180 valence electrons. The van der Waals surface area contributed by atoms with E-state index in [1.165, 1.54) is 49.6 Å². The van der Waals surface area contributed by atoms with Gasteiger partial charge in [0.2, 0.25) is 10.0 Å². The molecule has 13 heteroatoms. The van der Waals surface area contributed by atoms with Gasteiger partial charge in [-0.2, -0.15) is 0 Å². The Labute approximate surface area is 210 Å². The molecule has 0 aliphatic rings. The molecule has 9 nitrogen and oxygen atoms in total. The third kappa shape index (κ3) is 6.27. The number of methoxy groups -OCH3 is 1. The average Bonchev–Trinajstić information content (AvgIpc) is 2.77. The Morgan fingerprint density at radius 3 is 2.32 bits per heavy atom. The van der Waals surface area contributed by atoms with E-state index in [4.69, 9.17) is 21.5 Å². The average molecular weight is 589 g/mol. The van der Waals surface area contributed by atoms with Crippen LogP contribution in [-0.2, 0) is 26.6 Å². The van der Waals surface area contributed by atoms with Gasteiger partial charge in [-0.25, -0.2) is 22.0 Å². The molecule has 0 heterocycles. The maximum Gasteiger partial charge on any atom is 0.263 e. The number of halogens is 2. The standard InChI is InChI=1S/C21H19BrClN3O6S2/c1-32-19-9-5-15(22)11-18(19)26-34(30,31)20-10-14(4-8-17(20)23)21(27)25-12-13-2-6-16(7-3-13)33(24,28)29/h2-11,26H,12H2,1H3,(H,25,27)(H2,24,28,29). The monoisotopic (exact) mass is 587 g/mol. The number of carbonyl (C=O) groups excluding carboxylic acids is 1. The Morgan fingerprint density at radius 1 is 1.03 bits per heavy atom. The lowest BCUT2D eigenvalue weighted by Gasteiger charge is -2.14. The fourth-order valence-corrected chi connectivity index (χ4v) is 5.36. The summed E-state index contributed by atoms with van der Waals surface area (Å²) in [5, 5.41) is 7.64. The zero-order valence-corrected chi connectivity index (χ0v) is 21.6. The summed E-state index contributed by atoms with van der Waals surface area (Å²) in [5.41, 5.74) is 0.865. The fraction of sp³-hybridized carbons (Fsp3) is 0.0952. The molecular formula is C21H19BrClN3O6S2. The van der Waals surface area contributed by atoms with Crippen molar-refractivity contribution in [1.29, 1.82) is 0 Å². The van der Waals surface area contributed by atoms with Crippen LogP contribution in [0.25, 0.3) is 0 Å². The first-order chi connectivity index (χ1) is 15.9. The highest BCUT2D eigenvalue weighted by Gasteiger charge is 2.22. The number of sulfonamides is 2. The van der Waals surface area contributed by atoms with Gasteiger partial charge in [-0.05, 0) is 54.1 Å². The van der Waals surface area contributed by atoms with Crippen LogP contribution in [0.4, 0.5) is 5.69 Å². The Kier molecular flexibility index (Phi) is 7.88. The van der Waals surface area contributed by atoms with E-state index in [9.17, 15) is 21.6 Å². The molecule has 0 aliphatic carbocycles. The first kappa shape index (κ1) is 26.0. The van der Waals surface area contributed by atoms with Crippen molar-refractivity contribution >= 4 is 59.2 Å². The van der Waals surface area contributed by atoms with E-state index >= 15 is 0 Å². The number of rotatable bonds is 8. The minimum atomic E-state index is -4.17. The molecule has 0 bridgehead atoms. The van der Waals surface area contributed by atoms with Crippen molar-refractivity contribution < 1.29 is 26.4 Å². The summed E-state index contributed by atoms with van der Waals surface area (Å²) in [7, 11) is -6.58. The molecule has 0 unspecified atom stereocenters. The minimum Gasteiger partial charge on any atom is -0.495 e. The number of nitrogens with two attached hydrogens (primary N) is 1.